The van der Waals surface area contributed by atoms with Gasteiger partial charge in [0.2, 0.25) is 0 Å². The van der Waals surface area contributed by atoms with Crippen LogP contribution >= 0.6 is 0 Å². The Balaban J connectivity index is 1.43. The minimum Gasteiger partial charge on any atom is -0.381 e. The molecule has 0 bridgehead atoms. The van der Waals surface area contributed by atoms with E-state index in [2.05, 4.69) is 37.3 Å². The summed E-state index contributed by atoms with van der Waals surface area (Å²) >= 11 is 0. The maximum Gasteiger partial charge on any atom is 0.259 e. The van der Waals surface area contributed by atoms with E-state index in [9.17, 15) is 4.79 Å². The summed E-state index contributed by atoms with van der Waals surface area (Å²) in [6, 6.07) is 14.9. The number of anilines is 1. The third kappa shape index (κ3) is 4.53. The fraction of sp³-hybridized carbons (Fsp3) is 0.103. The lowest BCUT2D eigenvalue weighted by Gasteiger charge is -2.19. The number of amides is 1. The van der Waals surface area contributed by atoms with Crippen molar-refractivity contribution in [3.05, 3.63) is 102 Å². The van der Waals surface area contributed by atoms with Crippen molar-refractivity contribution in [3.63, 3.8) is 0 Å². The summed E-state index contributed by atoms with van der Waals surface area (Å²) in [7, 11) is 1.85. The summed E-state index contributed by atoms with van der Waals surface area (Å²) in [5.74, 6) is 6.09. The molecule has 6 rings (SSSR count). The van der Waals surface area contributed by atoms with Gasteiger partial charge in [0.15, 0.2) is 11.5 Å². The first kappa shape index (κ1) is 23.8. The van der Waals surface area contributed by atoms with E-state index in [1.54, 1.807) is 35.5 Å². The van der Waals surface area contributed by atoms with Crippen LogP contribution in [0.15, 0.2) is 79.5 Å². The van der Waals surface area contributed by atoms with E-state index < -0.39 is 6.04 Å². The van der Waals surface area contributed by atoms with Crippen LogP contribution in [-0.4, -0.2) is 40.3 Å². The number of fused-ring (bicyclic) bond motifs is 2. The lowest BCUT2D eigenvalue weighted by Crippen LogP contribution is -2.28. The zero-order chi connectivity index (χ0) is 26.9. The number of carbonyl (C=O) groups is 1. The van der Waals surface area contributed by atoms with Gasteiger partial charge in [-0.3, -0.25) is 14.5 Å². The number of hydrogen-bond donors (Lipinski definition) is 2. The SMILES string of the molecule is C[C@H](NC(=O)c1c(N)nn2cccnc12)c1cc2nccc(C#Cc3cnn(C)c3)c2nc1-c1ccccc1. The third-order valence-electron chi connectivity index (χ3n) is 6.30. The average molecular weight is 514 g/mol. The van der Waals surface area contributed by atoms with Gasteiger partial charge in [-0.1, -0.05) is 42.2 Å². The van der Waals surface area contributed by atoms with Crippen molar-refractivity contribution in [1.29, 1.82) is 0 Å². The first-order valence-corrected chi connectivity index (χ1v) is 12.2. The summed E-state index contributed by atoms with van der Waals surface area (Å²) in [5, 5.41) is 11.4. The van der Waals surface area contributed by atoms with Crippen molar-refractivity contribution in [2.75, 3.05) is 5.73 Å². The zero-order valence-corrected chi connectivity index (χ0v) is 21.2. The molecule has 10 nitrogen and oxygen atoms in total. The predicted octanol–water partition coefficient (Wildman–Crippen LogP) is 3.55. The number of nitrogens with two attached hydrogens (primary N) is 1. The Morgan fingerprint density at radius 2 is 1.92 bits per heavy atom. The lowest BCUT2D eigenvalue weighted by atomic mass is 9.99. The van der Waals surface area contributed by atoms with Gasteiger partial charge in [-0.15, -0.1) is 5.10 Å². The van der Waals surface area contributed by atoms with E-state index in [0.29, 0.717) is 16.7 Å². The Morgan fingerprint density at radius 3 is 2.72 bits per heavy atom. The van der Waals surface area contributed by atoms with E-state index in [4.69, 9.17) is 10.7 Å². The number of aryl methyl sites for hydroxylation is 1. The molecule has 1 aromatic carbocycles. The molecule has 5 aromatic heterocycles. The van der Waals surface area contributed by atoms with Gasteiger partial charge in [-0.05, 0) is 25.1 Å². The van der Waals surface area contributed by atoms with Crippen molar-refractivity contribution in [1.82, 2.24) is 39.7 Å². The minimum absolute atomic E-state index is 0.108. The van der Waals surface area contributed by atoms with Crippen LogP contribution in [0.4, 0.5) is 5.82 Å². The molecule has 39 heavy (non-hydrogen) atoms. The minimum atomic E-state index is -0.436. The zero-order valence-electron chi connectivity index (χ0n) is 21.2. The van der Waals surface area contributed by atoms with E-state index in [1.165, 1.54) is 4.52 Å². The molecule has 0 aliphatic rings. The van der Waals surface area contributed by atoms with Crippen LogP contribution in [0.2, 0.25) is 0 Å². The highest BCUT2D eigenvalue weighted by atomic mass is 16.1. The molecule has 1 atom stereocenters. The maximum atomic E-state index is 13.4. The van der Waals surface area contributed by atoms with E-state index in [1.807, 2.05) is 62.6 Å². The fourth-order valence-electron chi connectivity index (χ4n) is 4.44. The van der Waals surface area contributed by atoms with Crippen molar-refractivity contribution in [2.45, 2.75) is 13.0 Å². The van der Waals surface area contributed by atoms with Gasteiger partial charge in [0.1, 0.15) is 11.1 Å². The molecule has 6 aromatic rings. The number of hydrogen-bond acceptors (Lipinski definition) is 7. The molecule has 0 radical (unpaired) electrons. The molecular formula is C29H23N9O. The molecule has 190 valence electrons. The smallest absolute Gasteiger partial charge is 0.259 e. The molecule has 0 aliphatic heterocycles. The Morgan fingerprint density at radius 1 is 1.08 bits per heavy atom. The molecule has 0 spiro atoms. The van der Waals surface area contributed by atoms with Crippen LogP contribution in [0.5, 0.6) is 0 Å². The second kappa shape index (κ2) is 9.72. The van der Waals surface area contributed by atoms with Crippen LogP contribution in [0, 0.1) is 11.8 Å². The van der Waals surface area contributed by atoms with Crippen LogP contribution in [0.25, 0.3) is 27.9 Å². The number of nitrogens with zero attached hydrogens (tertiary/aromatic N) is 7. The Hall–Kier alpha value is -5.56. The second-order valence-corrected chi connectivity index (χ2v) is 9.01. The summed E-state index contributed by atoms with van der Waals surface area (Å²) in [4.78, 5) is 27.2. The van der Waals surface area contributed by atoms with Gasteiger partial charge in [-0.25, -0.2) is 14.5 Å². The van der Waals surface area contributed by atoms with E-state index >= 15 is 0 Å². The molecule has 1 amide bonds. The largest absolute Gasteiger partial charge is 0.381 e. The summed E-state index contributed by atoms with van der Waals surface area (Å²) in [6.07, 6.45) is 8.57. The molecule has 3 N–H and O–H groups in total. The molecule has 5 heterocycles. The van der Waals surface area contributed by atoms with Crippen molar-refractivity contribution in [2.24, 2.45) is 7.05 Å². The molecule has 0 saturated heterocycles. The van der Waals surface area contributed by atoms with Gasteiger partial charge < -0.3 is 11.1 Å². The first-order chi connectivity index (χ1) is 19.0. The fourth-order valence-corrected chi connectivity index (χ4v) is 4.44. The van der Waals surface area contributed by atoms with Crippen molar-refractivity contribution in [3.8, 4) is 23.1 Å². The monoisotopic (exact) mass is 513 g/mol. The number of benzene rings is 1. The normalized spacial score (nSPS) is 11.7. The molecule has 0 unspecified atom stereocenters. The number of rotatable bonds is 4. The van der Waals surface area contributed by atoms with Crippen molar-refractivity contribution < 1.29 is 4.79 Å². The summed E-state index contributed by atoms with van der Waals surface area (Å²) < 4.78 is 3.19. The predicted molar refractivity (Wildman–Crippen MR) is 147 cm³/mol. The average Bonchev–Trinajstić information content (AvgIpc) is 3.52. The Labute approximate surface area is 223 Å². The van der Waals surface area contributed by atoms with Gasteiger partial charge in [0.25, 0.3) is 5.91 Å². The standard InChI is InChI=1S/C29H23N9O/c1-18(34-29(39)24-27(30)36-38-14-6-12-32-28(24)38)22-15-23-26(35-25(22)20-7-4-3-5-8-20)21(11-13-31-23)10-9-19-16-33-37(2)17-19/h3-8,11-18H,1-2H3,(H2,30,36)(H,34,39)/t18-/m0/s1. The number of nitrogen functional groups attached to an aromatic ring is 1. The van der Waals surface area contributed by atoms with Crippen LogP contribution < -0.4 is 11.1 Å². The highest BCUT2D eigenvalue weighted by Gasteiger charge is 2.23. The topological polar surface area (TPSA) is 129 Å². The number of carbonyl (C=O) groups excluding carboxylic acids is 1. The van der Waals surface area contributed by atoms with Crippen LogP contribution in [-0.2, 0) is 7.05 Å². The third-order valence-corrected chi connectivity index (χ3v) is 6.30. The van der Waals surface area contributed by atoms with E-state index in [0.717, 1.165) is 27.9 Å². The van der Waals surface area contributed by atoms with Crippen molar-refractivity contribution >= 4 is 28.4 Å². The summed E-state index contributed by atoms with van der Waals surface area (Å²) in [5.41, 5.74) is 12.0. The van der Waals surface area contributed by atoms with Gasteiger partial charge >= 0.3 is 0 Å². The van der Waals surface area contributed by atoms with E-state index in [-0.39, 0.29) is 17.3 Å². The molecule has 10 heteroatoms. The number of pyridine rings is 2. The highest BCUT2D eigenvalue weighted by molar-refractivity contribution is 6.04. The number of aromatic nitrogens is 7. The van der Waals surface area contributed by atoms with Crippen LogP contribution in [0.3, 0.4) is 0 Å². The van der Waals surface area contributed by atoms with Gasteiger partial charge in [-0.2, -0.15) is 5.10 Å². The maximum absolute atomic E-state index is 13.4. The van der Waals surface area contributed by atoms with Gasteiger partial charge in [0, 0.05) is 43.0 Å². The highest BCUT2D eigenvalue weighted by Crippen LogP contribution is 2.31. The molecule has 0 aliphatic carbocycles. The quantitative estimate of drug-likeness (QED) is 0.345. The lowest BCUT2D eigenvalue weighted by molar-refractivity contribution is 0.0942. The van der Waals surface area contributed by atoms with Gasteiger partial charge in [0.05, 0.1) is 34.6 Å². The number of nitrogens with one attached hydrogen (secondary N) is 1. The first-order valence-electron chi connectivity index (χ1n) is 12.2. The van der Waals surface area contributed by atoms with Crippen LogP contribution in [0.1, 0.15) is 40.0 Å². The second-order valence-electron chi connectivity index (χ2n) is 9.01. The molecule has 0 fully saturated rings. The molecule has 0 saturated carbocycles. The Bertz CT molecular complexity index is 1910. The summed E-state index contributed by atoms with van der Waals surface area (Å²) in [6.45, 7) is 1.90. The molecular weight excluding hydrogens is 490 g/mol. The Kier molecular flexibility index (Phi) is 5.93.